The molecule has 1 heterocycles. The van der Waals surface area contributed by atoms with Crippen molar-refractivity contribution < 1.29 is 4.43 Å². The molecule has 0 radical (unpaired) electrons. The van der Waals surface area contributed by atoms with Crippen LogP contribution in [0.15, 0.2) is 0 Å². The molecule has 0 bridgehead atoms. The third-order valence-corrected chi connectivity index (χ3v) is 1.55. The Labute approximate surface area is 33.5 Å². The van der Waals surface area contributed by atoms with E-state index in [0.29, 0.717) is 9.38 Å². The number of hydrogen-bond donors (Lipinski definition) is 0. The first-order valence-corrected chi connectivity index (χ1v) is 2.90. The number of rotatable bonds is 0. The van der Waals surface area contributed by atoms with Gasteiger partial charge in [0.25, 0.3) is 0 Å². The largest absolute Gasteiger partial charge is 0.553 e. The van der Waals surface area contributed by atoms with Gasteiger partial charge in [-0.1, -0.05) is 5.67 Å². The van der Waals surface area contributed by atoms with Crippen molar-refractivity contribution in [1.29, 1.82) is 0 Å². The minimum atomic E-state index is 0.301. The quantitative estimate of drug-likeness (QED) is 0.363. The summed E-state index contributed by atoms with van der Waals surface area (Å²) in [7, 11) is 0.301. The van der Waals surface area contributed by atoms with Gasteiger partial charge in [0.05, 0.1) is 6.61 Å². The average Bonchev–Trinajstić information content (AvgIpc) is 1.76. The van der Waals surface area contributed by atoms with Crippen LogP contribution >= 0.6 is 0 Å². The van der Waals surface area contributed by atoms with E-state index >= 15 is 0 Å². The van der Waals surface area contributed by atoms with Crippen molar-refractivity contribution >= 4 is 15.0 Å². The summed E-state index contributed by atoms with van der Waals surface area (Å²) < 4.78 is 4.97. The Bertz CT molecular complexity index is 44.9. The molecule has 0 aromatic carbocycles. The Morgan fingerprint density at radius 2 is 2.80 bits per heavy atom. The first-order valence-electron chi connectivity index (χ1n) is 1.77. The molecule has 0 amide bonds. The predicted molar refractivity (Wildman–Crippen MR) is 23.8 cm³/mol. The standard InChI is InChI=1S/C3H6OSi/c1-2-4-5-3-1/h3,5H,1-2H2. The van der Waals surface area contributed by atoms with E-state index in [4.69, 9.17) is 4.43 Å². The molecule has 0 aromatic heterocycles. The molecule has 0 N–H and O–H groups in total. The lowest BCUT2D eigenvalue weighted by atomic mass is 10.5. The fourth-order valence-electron chi connectivity index (χ4n) is 0.340. The van der Waals surface area contributed by atoms with E-state index in [2.05, 4.69) is 5.67 Å². The van der Waals surface area contributed by atoms with Crippen molar-refractivity contribution in [2.75, 3.05) is 6.61 Å². The minimum Gasteiger partial charge on any atom is -0.553 e. The van der Waals surface area contributed by atoms with Gasteiger partial charge in [-0.15, -0.1) is 0 Å². The van der Waals surface area contributed by atoms with Gasteiger partial charge in [0, 0.05) is 0 Å². The van der Waals surface area contributed by atoms with Crippen LogP contribution in [0.25, 0.3) is 0 Å². The van der Waals surface area contributed by atoms with Crippen molar-refractivity contribution in [2.45, 2.75) is 6.42 Å². The van der Waals surface area contributed by atoms with E-state index in [1.54, 1.807) is 0 Å². The van der Waals surface area contributed by atoms with Gasteiger partial charge in [0.15, 0.2) is 0 Å². The average molecular weight is 86.2 g/mol. The maximum absolute atomic E-state index is 4.97. The molecule has 5 heavy (non-hydrogen) atoms. The highest BCUT2D eigenvalue weighted by Gasteiger charge is 1.84. The first kappa shape index (κ1) is 3.09. The third-order valence-electron chi connectivity index (χ3n) is 0.595. The van der Waals surface area contributed by atoms with Gasteiger partial charge < -0.3 is 4.43 Å². The van der Waals surface area contributed by atoms with Crippen LogP contribution in [0.1, 0.15) is 6.42 Å². The summed E-state index contributed by atoms with van der Waals surface area (Å²) in [6, 6.07) is 0. The normalized spacial score (nSPS) is 19.2. The molecule has 1 aliphatic rings. The van der Waals surface area contributed by atoms with E-state index in [1.807, 2.05) is 0 Å². The van der Waals surface area contributed by atoms with E-state index in [1.165, 1.54) is 6.42 Å². The van der Waals surface area contributed by atoms with Gasteiger partial charge in [-0.05, 0) is 6.42 Å². The Balaban J connectivity index is 2.32. The molecule has 0 atom stereocenters. The van der Waals surface area contributed by atoms with Crippen molar-refractivity contribution in [1.82, 2.24) is 0 Å². The van der Waals surface area contributed by atoms with Crippen LogP contribution in [0, 0.1) is 0 Å². The molecule has 28 valence electrons. The summed E-state index contributed by atoms with van der Waals surface area (Å²) >= 11 is 0. The molecule has 0 saturated carbocycles. The summed E-state index contributed by atoms with van der Waals surface area (Å²) in [6.07, 6.45) is 1.19. The van der Waals surface area contributed by atoms with Gasteiger partial charge in [0.1, 0.15) is 0 Å². The second-order valence-corrected chi connectivity index (χ2v) is 2.11. The lowest BCUT2D eigenvalue weighted by Crippen LogP contribution is -1.76. The molecule has 0 aliphatic carbocycles. The second-order valence-electron chi connectivity index (χ2n) is 1.03. The Morgan fingerprint density at radius 3 is 3.00 bits per heavy atom. The molecule has 1 nitrogen and oxygen atoms in total. The Morgan fingerprint density at radius 1 is 1.80 bits per heavy atom. The first-order chi connectivity index (χ1) is 2.50. The third kappa shape index (κ3) is 0.579. The topological polar surface area (TPSA) is 9.23 Å². The molecule has 2 heteroatoms. The van der Waals surface area contributed by atoms with E-state index < -0.39 is 0 Å². The predicted octanol–water partition coefficient (Wildman–Crippen LogP) is -0.440. The van der Waals surface area contributed by atoms with E-state index in [0.717, 1.165) is 6.61 Å². The fourth-order valence-corrected chi connectivity index (χ4v) is 1.02. The van der Waals surface area contributed by atoms with Crippen LogP contribution < -0.4 is 0 Å². The monoisotopic (exact) mass is 86.0 g/mol. The van der Waals surface area contributed by atoms with Crippen LogP contribution in [0.3, 0.4) is 0 Å². The molecular weight excluding hydrogens is 80.1 g/mol. The summed E-state index contributed by atoms with van der Waals surface area (Å²) in [5.41, 5.74) is 2.22. The molecule has 0 fully saturated rings. The Hall–Kier alpha value is -0.113. The van der Waals surface area contributed by atoms with Gasteiger partial charge in [-0.2, -0.15) is 0 Å². The molecule has 1 rings (SSSR count). The van der Waals surface area contributed by atoms with E-state index in [9.17, 15) is 0 Å². The van der Waals surface area contributed by atoms with Crippen molar-refractivity contribution in [3.63, 3.8) is 0 Å². The van der Waals surface area contributed by atoms with Gasteiger partial charge in [-0.3, -0.25) is 0 Å². The zero-order valence-electron chi connectivity index (χ0n) is 2.98. The van der Waals surface area contributed by atoms with Crippen LogP contribution in [0.5, 0.6) is 0 Å². The van der Waals surface area contributed by atoms with Crippen LogP contribution in [0.2, 0.25) is 0 Å². The summed E-state index contributed by atoms with van der Waals surface area (Å²) in [5, 5.41) is 0. The highest BCUT2D eigenvalue weighted by molar-refractivity contribution is 6.41. The molecule has 0 saturated heterocycles. The van der Waals surface area contributed by atoms with Crippen molar-refractivity contribution in [2.24, 2.45) is 0 Å². The molecule has 1 aliphatic heterocycles. The van der Waals surface area contributed by atoms with Crippen LogP contribution in [0.4, 0.5) is 0 Å². The van der Waals surface area contributed by atoms with Crippen LogP contribution in [-0.4, -0.2) is 21.7 Å². The zero-order valence-corrected chi connectivity index (χ0v) is 4.13. The molecule has 0 unspecified atom stereocenters. The minimum absolute atomic E-state index is 0.301. The summed E-state index contributed by atoms with van der Waals surface area (Å²) in [5.74, 6) is 0. The lowest BCUT2D eigenvalue weighted by molar-refractivity contribution is 0.373. The smallest absolute Gasteiger partial charge is 0.211 e. The highest BCUT2D eigenvalue weighted by atomic mass is 28.2. The summed E-state index contributed by atoms with van der Waals surface area (Å²) in [4.78, 5) is 0. The van der Waals surface area contributed by atoms with Gasteiger partial charge in [-0.25, -0.2) is 0 Å². The SMILES string of the molecule is C1=[SiH]OCC1. The fraction of sp³-hybridized carbons (Fsp3) is 0.667. The molecule has 0 aromatic rings. The maximum Gasteiger partial charge on any atom is 0.211 e. The van der Waals surface area contributed by atoms with Gasteiger partial charge in [0.2, 0.25) is 9.38 Å². The molecular formula is C3H6OSi. The maximum atomic E-state index is 4.97. The molecule has 0 spiro atoms. The lowest BCUT2D eigenvalue weighted by Gasteiger charge is -1.81. The zero-order chi connectivity index (χ0) is 3.54. The second kappa shape index (κ2) is 1.36. The van der Waals surface area contributed by atoms with Crippen molar-refractivity contribution in [3.8, 4) is 0 Å². The highest BCUT2D eigenvalue weighted by Crippen LogP contribution is 1.78. The summed E-state index contributed by atoms with van der Waals surface area (Å²) in [6.45, 7) is 0.981. The number of hydrogen-bond acceptors (Lipinski definition) is 1. The van der Waals surface area contributed by atoms with E-state index in [-0.39, 0.29) is 0 Å². The van der Waals surface area contributed by atoms with Crippen molar-refractivity contribution in [3.05, 3.63) is 0 Å². The Kier molecular flexibility index (Phi) is 0.839. The van der Waals surface area contributed by atoms with Crippen LogP contribution in [-0.2, 0) is 4.43 Å². The van der Waals surface area contributed by atoms with Gasteiger partial charge >= 0.3 is 0 Å².